The molecule has 0 radical (unpaired) electrons. The van der Waals surface area contributed by atoms with Gasteiger partial charge in [-0.1, -0.05) is 0 Å². The van der Waals surface area contributed by atoms with Gasteiger partial charge in [0.05, 0.1) is 0 Å². The molecule has 0 rings (SSSR count). The monoisotopic (exact) mass is 309 g/mol. The van der Waals surface area contributed by atoms with Crippen molar-refractivity contribution in [3.63, 3.8) is 0 Å². The third-order valence-electron chi connectivity index (χ3n) is 0. The van der Waals surface area contributed by atoms with Gasteiger partial charge in [0.1, 0.15) is 0 Å². The van der Waals surface area contributed by atoms with Crippen molar-refractivity contribution in [3.8, 4) is 0 Å². The van der Waals surface area contributed by atoms with Crippen molar-refractivity contribution in [3.05, 3.63) is 0 Å². The average Bonchev–Trinajstić information content (AvgIpc) is 0.722. The van der Waals surface area contributed by atoms with E-state index in [4.69, 9.17) is 19.2 Å². The first kappa shape index (κ1) is 10.1. The van der Waals surface area contributed by atoms with Crippen LogP contribution in [0, 0.1) is 0 Å². The molecule has 6 heteroatoms. The van der Waals surface area contributed by atoms with Crippen LogP contribution in [0.4, 0.5) is 0 Å². The molecule has 0 aromatic heterocycles. The predicted molar refractivity (Wildman–Crippen MR) is 20.3 cm³/mol. The minimum atomic E-state index is -5.39. The molecule has 0 saturated carbocycles. The summed E-state index contributed by atoms with van der Waals surface area (Å²) < 4.78 is 8.55. The molecule has 6 heavy (non-hydrogen) atoms. The summed E-state index contributed by atoms with van der Waals surface area (Å²) in [6.45, 7) is 0. The quantitative estimate of drug-likeness (QED) is 0.422. The molecule has 0 unspecified atom stereocenters. The standard InChI is InChI=1S/H3O4P.Po.5H/c1-5(2,3)4;;;;;;/h(H3,1,2,3,4);;;;;;/q;+3;;;;;/p-3. The van der Waals surface area contributed by atoms with Crippen LogP contribution in [0.1, 0.15) is 0 Å². The summed E-state index contributed by atoms with van der Waals surface area (Å²) in [7, 11) is -5.39. The summed E-state index contributed by atoms with van der Waals surface area (Å²) in [5, 5.41) is 0. The van der Waals surface area contributed by atoms with Gasteiger partial charge in [-0.05, 0) is 0 Å². The number of hydrogen-bond acceptors (Lipinski definition) is 4. The van der Waals surface area contributed by atoms with Gasteiger partial charge in [-0.3, -0.25) is 0 Å². The maximum atomic E-state index is 8.55. The van der Waals surface area contributed by atoms with Gasteiger partial charge in [0.25, 0.3) is 0 Å². The zero-order chi connectivity index (χ0) is 4.50. The van der Waals surface area contributed by atoms with Crippen molar-refractivity contribution in [2.24, 2.45) is 0 Å². The van der Waals surface area contributed by atoms with E-state index in [0.29, 0.717) is 0 Å². The van der Waals surface area contributed by atoms with Crippen LogP contribution in [0.2, 0.25) is 0 Å². The van der Waals surface area contributed by atoms with Crippen molar-refractivity contribution in [1.82, 2.24) is 0 Å². The minimum absolute atomic E-state index is 0. The van der Waals surface area contributed by atoms with Gasteiger partial charge < -0.3 is 19.2 Å². The van der Waals surface area contributed by atoms with E-state index in [-0.39, 0.29) is 26.6 Å². The normalized spacial score (nSPS) is 9.83. The molecule has 4 nitrogen and oxygen atoms in total. The van der Waals surface area contributed by atoms with Crippen LogP contribution in [0.15, 0.2) is 0 Å². The summed E-state index contributed by atoms with van der Waals surface area (Å²) in [4.78, 5) is 25.6. The van der Waals surface area contributed by atoms with Gasteiger partial charge in [0.2, 0.25) is 0 Å². The zero-order valence-electron chi connectivity index (χ0n) is 3.08. The molecule has 0 amide bonds. The van der Waals surface area contributed by atoms with Gasteiger partial charge in [-0.2, -0.15) is 7.82 Å². The first-order valence-electron chi connectivity index (χ1n) is 0.730. The van der Waals surface area contributed by atoms with Gasteiger partial charge in [0, 0.05) is 0 Å². The number of rotatable bonds is 0. The third-order valence-corrected chi connectivity index (χ3v) is 0. The molecule has 0 bridgehead atoms. The molecule has 0 atom stereocenters. The van der Waals surface area contributed by atoms with Crippen molar-refractivity contribution in [1.29, 1.82) is 0 Å². The second kappa shape index (κ2) is 3.07. The van der Waals surface area contributed by atoms with Gasteiger partial charge in [-0.25, -0.2) is 0 Å². The summed E-state index contributed by atoms with van der Waals surface area (Å²) in [5.41, 5.74) is 0. The Morgan fingerprint density at radius 1 is 1.17 bits per heavy atom. The topological polar surface area (TPSA) is 86.2 Å². The maximum absolute atomic E-state index is 8.55. The fraction of sp³-hybridized carbons (Fsp3) is 0. The molecule has 0 aromatic carbocycles. The fourth-order valence-corrected chi connectivity index (χ4v) is 0. The van der Waals surface area contributed by atoms with Crippen LogP contribution in [0.25, 0.3) is 0 Å². The molecule has 0 N–H and O–H groups in total. The predicted octanol–water partition coefficient (Wildman–Crippen LogP) is -4.54. The first-order chi connectivity index (χ1) is 2.00. The molecular formula is H5O4PPo. The zero-order valence-corrected chi connectivity index (χ0v) is 11.7. The molecule has 0 heterocycles. The number of hydrogen-bond donors (Lipinski definition) is 0. The van der Waals surface area contributed by atoms with Crippen molar-refractivity contribution >= 4 is 34.4 Å². The van der Waals surface area contributed by atoms with Gasteiger partial charge in [-0.15, -0.1) is 0 Å². The van der Waals surface area contributed by atoms with E-state index < -0.39 is 7.82 Å². The Balaban J connectivity index is 0. The molecule has 0 spiro atoms. The molecule has 0 saturated heterocycles. The van der Waals surface area contributed by atoms with E-state index in [1.54, 1.807) is 0 Å². The van der Waals surface area contributed by atoms with E-state index in [0.717, 1.165) is 0 Å². The van der Waals surface area contributed by atoms with E-state index in [1.807, 2.05) is 0 Å². The van der Waals surface area contributed by atoms with Crippen molar-refractivity contribution in [2.75, 3.05) is 0 Å². The van der Waals surface area contributed by atoms with E-state index in [9.17, 15) is 0 Å². The Morgan fingerprint density at radius 2 is 1.17 bits per heavy atom. The molecule has 40 valence electrons. The van der Waals surface area contributed by atoms with Crippen LogP contribution in [0.3, 0.4) is 0 Å². The summed E-state index contributed by atoms with van der Waals surface area (Å²) >= 11 is 0. The van der Waals surface area contributed by atoms with E-state index in [2.05, 4.69) is 0 Å². The average molecular weight is 309 g/mol. The van der Waals surface area contributed by atoms with Crippen molar-refractivity contribution < 1.29 is 19.2 Å². The summed E-state index contributed by atoms with van der Waals surface area (Å²) in [6.07, 6.45) is 0. The molecule has 0 aliphatic rings. The Kier molecular flexibility index (Phi) is 5.15. The van der Waals surface area contributed by atoms with Crippen LogP contribution in [-0.2, 0) is 4.57 Å². The fourth-order valence-electron chi connectivity index (χ4n) is 0. The van der Waals surface area contributed by atoms with Gasteiger partial charge in [0.15, 0.2) is 0 Å². The molecule has 0 aromatic rings. The Bertz CT molecular complexity index is 53.7. The third kappa shape index (κ3) is 79.4. The summed E-state index contributed by atoms with van der Waals surface area (Å²) in [6, 6.07) is 0. The van der Waals surface area contributed by atoms with Crippen LogP contribution in [-0.4, -0.2) is 26.6 Å². The van der Waals surface area contributed by atoms with Gasteiger partial charge >= 0.3 is 26.6 Å². The SMILES string of the molecule is O=P([O-])([O-])[O-].[PoH5+3]. The van der Waals surface area contributed by atoms with Crippen LogP contribution in [0.5, 0.6) is 0 Å². The second-order valence-corrected chi connectivity index (χ2v) is 1.34. The van der Waals surface area contributed by atoms with E-state index >= 15 is 0 Å². The van der Waals surface area contributed by atoms with E-state index in [1.165, 1.54) is 0 Å². The molecule has 0 aliphatic carbocycles. The Labute approximate surface area is 53.9 Å². The van der Waals surface area contributed by atoms with Crippen LogP contribution < -0.4 is 14.7 Å². The first-order valence-corrected chi connectivity index (χ1v) is 2.19. The molecule has 0 fully saturated rings. The second-order valence-electron chi connectivity index (χ2n) is 0.447. The molecular weight excluding hydrogens is 304 g/mol. The number of phosphoric acid groups is 1. The summed E-state index contributed by atoms with van der Waals surface area (Å²) in [5.74, 6) is 0. The Hall–Kier alpha value is 1.01. The van der Waals surface area contributed by atoms with Crippen LogP contribution >= 0.6 is 7.82 Å². The van der Waals surface area contributed by atoms with Crippen molar-refractivity contribution in [2.45, 2.75) is 0 Å². The Morgan fingerprint density at radius 3 is 1.17 bits per heavy atom. The molecule has 0 aliphatic heterocycles.